The summed E-state index contributed by atoms with van der Waals surface area (Å²) in [4.78, 5) is 8.88. The second-order valence-corrected chi connectivity index (χ2v) is 4.57. The molecule has 1 aromatic rings. The van der Waals surface area contributed by atoms with Gasteiger partial charge in [-0.1, -0.05) is 20.8 Å². The molecule has 4 heteroatoms. The molecular formula is C10H17N3S. The van der Waals surface area contributed by atoms with Gasteiger partial charge >= 0.3 is 0 Å². The number of hydrogen-bond acceptors (Lipinski definition) is 4. The summed E-state index contributed by atoms with van der Waals surface area (Å²) in [7, 11) is 1.88. The second-order valence-electron chi connectivity index (χ2n) is 3.29. The normalized spacial score (nSPS) is 10.6. The number of hydrogen-bond donors (Lipinski definition) is 1. The Morgan fingerprint density at radius 2 is 2.14 bits per heavy atom. The summed E-state index contributed by atoms with van der Waals surface area (Å²) in [5, 5.41) is 4.11. The van der Waals surface area contributed by atoms with Crippen LogP contribution in [0.5, 0.6) is 0 Å². The zero-order chi connectivity index (χ0) is 10.6. The van der Waals surface area contributed by atoms with Crippen molar-refractivity contribution < 1.29 is 0 Å². The summed E-state index contributed by atoms with van der Waals surface area (Å²) in [5.41, 5.74) is 0. The summed E-state index contributed by atoms with van der Waals surface area (Å²) in [6.45, 7) is 6.34. The van der Waals surface area contributed by atoms with E-state index in [1.165, 1.54) is 0 Å². The topological polar surface area (TPSA) is 37.8 Å². The number of anilines is 1. The lowest BCUT2D eigenvalue weighted by Gasteiger charge is -2.08. The maximum atomic E-state index is 4.48. The number of thioether (sulfide) groups is 1. The van der Waals surface area contributed by atoms with Crippen molar-refractivity contribution in [2.45, 2.75) is 31.7 Å². The molecule has 3 nitrogen and oxygen atoms in total. The molecule has 0 spiro atoms. The third kappa shape index (κ3) is 2.87. The van der Waals surface area contributed by atoms with Crippen LogP contribution in [0, 0.1) is 0 Å². The van der Waals surface area contributed by atoms with Crippen LogP contribution < -0.4 is 5.32 Å². The van der Waals surface area contributed by atoms with Gasteiger partial charge < -0.3 is 5.32 Å². The second kappa shape index (κ2) is 5.20. The zero-order valence-electron chi connectivity index (χ0n) is 9.16. The summed E-state index contributed by atoms with van der Waals surface area (Å²) in [6.07, 6.45) is 0. The average Bonchev–Trinajstić information content (AvgIpc) is 2.17. The van der Waals surface area contributed by atoms with Crippen molar-refractivity contribution >= 4 is 17.6 Å². The van der Waals surface area contributed by atoms with E-state index < -0.39 is 0 Å². The van der Waals surface area contributed by atoms with Crippen LogP contribution in [-0.4, -0.2) is 22.8 Å². The quantitative estimate of drug-likeness (QED) is 0.614. The standard InChI is InChI=1S/C10H17N3S/c1-5-14-9-6-8(11-4)12-10(13-9)7(2)3/h6-7H,5H2,1-4H3,(H,11,12,13). The minimum Gasteiger partial charge on any atom is -0.373 e. The van der Waals surface area contributed by atoms with E-state index in [-0.39, 0.29) is 0 Å². The maximum absolute atomic E-state index is 4.48. The van der Waals surface area contributed by atoms with Gasteiger partial charge in [-0.3, -0.25) is 0 Å². The fraction of sp³-hybridized carbons (Fsp3) is 0.600. The Hall–Kier alpha value is -0.770. The first-order chi connectivity index (χ1) is 6.67. The number of aromatic nitrogens is 2. The highest BCUT2D eigenvalue weighted by atomic mass is 32.2. The van der Waals surface area contributed by atoms with Crippen molar-refractivity contribution in [2.75, 3.05) is 18.1 Å². The van der Waals surface area contributed by atoms with Crippen molar-refractivity contribution in [3.8, 4) is 0 Å². The van der Waals surface area contributed by atoms with Crippen molar-refractivity contribution in [1.82, 2.24) is 9.97 Å². The molecule has 0 aliphatic heterocycles. The highest BCUT2D eigenvalue weighted by Crippen LogP contribution is 2.20. The van der Waals surface area contributed by atoms with Crippen LogP contribution in [-0.2, 0) is 0 Å². The fourth-order valence-electron chi connectivity index (χ4n) is 1.05. The summed E-state index contributed by atoms with van der Waals surface area (Å²) >= 11 is 1.75. The van der Waals surface area contributed by atoms with Crippen LogP contribution in [0.2, 0.25) is 0 Å². The molecule has 0 aromatic carbocycles. The Labute approximate surface area is 89.7 Å². The zero-order valence-corrected chi connectivity index (χ0v) is 9.98. The van der Waals surface area contributed by atoms with Gasteiger partial charge in [-0.2, -0.15) is 0 Å². The van der Waals surface area contributed by atoms with E-state index in [9.17, 15) is 0 Å². The summed E-state index contributed by atoms with van der Waals surface area (Å²) in [5.74, 6) is 3.23. The van der Waals surface area contributed by atoms with Crippen LogP contribution in [0.15, 0.2) is 11.1 Å². The lowest BCUT2D eigenvalue weighted by atomic mass is 10.2. The molecule has 1 rings (SSSR count). The summed E-state index contributed by atoms with van der Waals surface area (Å²) < 4.78 is 0. The van der Waals surface area contributed by atoms with Crippen LogP contribution in [0.1, 0.15) is 32.5 Å². The van der Waals surface area contributed by atoms with Gasteiger partial charge in [0.05, 0.1) is 0 Å². The molecule has 78 valence electrons. The molecule has 0 radical (unpaired) electrons. The first-order valence-electron chi connectivity index (χ1n) is 4.87. The van der Waals surface area contributed by atoms with Crippen LogP contribution in [0.25, 0.3) is 0 Å². The van der Waals surface area contributed by atoms with E-state index >= 15 is 0 Å². The first-order valence-corrected chi connectivity index (χ1v) is 5.85. The highest BCUT2D eigenvalue weighted by molar-refractivity contribution is 7.99. The fourth-order valence-corrected chi connectivity index (χ4v) is 1.70. The van der Waals surface area contributed by atoms with Gasteiger partial charge in [-0.15, -0.1) is 11.8 Å². The summed E-state index contributed by atoms with van der Waals surface area (Å²) in [6, 6.07) is 1.99. The minimum absolute atomic E-state index is 0.375. The van der Waals surface area contributed by atoms with Crippen LogP contribution in [0.4, 0.5) is 5.82 Å². The van der Waals surface area contributed by atoms with Crippen LogP contribution >= 0.6 is 11.8 Å². The molecule has 0 amide bonds. The predicted octanol–water partition coefficient (Wildman–Crippen LogP) is 2.75. The molecule has 0 fully saturated rings. The largest absolute Gasteiger partial charge is 0.373 e. The lowest BCUT2D eigenvalue weighted by Crippen LogP contribution is -2.02. The lowest BCUT2D eigenvalue weighted by molar-refractivity contribution is 0.755. The van der Waals surface area contributed by atoms with Gasteiger partial charge in [0.25, 0.3) is 0 Å². The Bertz CT molecular complexity index is 299. The van der Waals surface area contributed by atoms with E-state index in [2.05, 4.69) is 36.1 Å². The molecule has 1 aromatic heterocycles. The van der Waals surface area contributed by atoms with Gasteiger partial charge in [-0.25, -0.2) is 9.97 Å². The molecular weight excluding hydrogens is 194 g/mol. The van der Waals surface area contributed by atoms with Crippen molar-refractivity contribution in [1.29, 1.82) is 0 Å². The Morgan fingerprint density at radius 1 is 1.43 bits per heavy atom. The van der Waals surface area contributed by atoms with E-state index in [1.807, 2.05) is 13.1 Å². The van der Waals surface area contributed by atoms with Gasteiger partial charge in [0.15, 0.2) is 0 Å². The van der Waals surface area contributed by atoms with Gasteiger partial charge in [0.2, 0.25) is 0 Å². The molecule has 0 aliphatic carbocycles. The van der Waals surface area contributed by atoms with Crippen molar-refractivity contribution in [2.24, 2.45) is 0 Å². The average molecular weight is 211 g/mol. The molecule has 0 saturated heterocycles. The van der Waals surface area contributed by atoms with E-state index in [0.29, 0.717) is 5.92 Å². The SMILES string of the molecule is CCSc1cc(NC)nc(C(C)C)n1. The number of nitrogens with one attached hydrogen (secondary N) is 1. The molecule has 0 saturated carbocycles. The molecule has 0 unspecified atom stereocenters. The molecule has 0 bridgehead atoms. The Kier molecular flexibility index (Phi) is 4.20. The molecule has 1 heterocycles. The number of rotatable bonds is 4. The van der Waals surface area contributed by atoms with Crippen molar-refractivity contribution in [3.05, 3.63) is 11.9 Å². The van der Waals surface area contributed by atoms with E-state index in [4.69, 9.17) is 0 Å². The van der Waals surface area contributed by atoms with Gasteiger partial charge in [0, 0.05) is 19.0 Å². The van der Waals surface area contributed by atoms with Crippen LogP contribution in [0.3, 0.4) is 0 Å². The molecule has 14 heavy (non-hydrogen) atoms. The van der Waals surface area contributed by atoms with E-state index in [0.717, 1.165) is 22.4 Å². The smallest absolute Gasteiger partial charge is 0.134 e. The Morgan fingerprint density at radius 3 is 2.64 bits per heavy atom. The maximum Gasteiger partial charge on any atom is 0.134 e. The number of nitrogens with zero attached hydrogens (tertiary/aromatic N) is 2. The molecule has 0 aliphatic rings. The van der Waals surface area contributed by atoms with E-state index in [1.54, 1.807) is 11.8 Å². The molecule has 0 atom stereocenters. The van der Waals surface area contributed by atoms with Crippen molar-refractivity contribution in [3.63, 3.8) is 0 Å². The third-order valence-electron chi connectivity index (χ3n) is 1.78. The highest BCUT2D eigenvalue weighted by Gasteiger charge is 2.06. The minimum atomic E-state index is 0.375. The monoisotopic (exact) mass is 211 g/mol. The first kappa shape index (κ1) is 11.3. The predicted molar refractivity (Wildman–Crippen MR) is 62.1 cm³/mol. The Balaban J connectivity index is 3.00. The van der Waals surface area contributed by atoms with Gasteiger partial charge in [0.1, 0.15) is 16.7 Å². The van der Waals surface area contributed by atoms with Gasteiger partial charge in [-0.05, 0) is 5.75 Å². The third-order valence-corrected chi connectivity index (χ3v) is 2.58. The molecule has 1 N–H and O–H groups in total.